The van der Waals surface area contributed by atoms with Crippen molar-refractivity contribution in [3.8, 4) is 0 Å². The Morgan fingerprint density at radius 2 is 2.40 bits per heavy atom. The zero-order valence-electron chi connectivity index (χ0n) is 11.0. The maximum Gasteiger partial charge on any atom is 0.226 e. The van der Waals surface area contributed by atoms with Gasteiger partial charge >= 0.3 is 0 Å². The molecule has 3 aromatic heterocycles. The summed E-state index contributed by atoms with van der Waals surface area (Å²) in [6.45, 7) is 1.92. The zero-order chi connectivity index (χ0) is 13.9. The van der Waals surface area contributed by atoms with E-state index in [4.69, 9.17) is 0 Å². The van der Waals surface area contributed by atoms with Crippen LogP contribution in [0.1, 0.15) is 24.4 Å². The van der Waals surface area contributed by atoms with Crippen molar-refractivity contribution in [1.29, 1.82) is 0 Å². The largest absolute Gasteiger partial charge is 0.348 e. The molecule has 5 nitrogen and oxygen atoms in total. The molecule has 102 valence electrons. The van der Waals surface area contributed by atoms with Crippen LogP contribution in [0.4, 0.5) is 0 Å². The number of hydrogen-bond donors (Lipinski definition) is 1. The van der Waals surface area contributed by atoms with Gasteiger partial charge in [-0.2, -0.15) is 0 Å². The highest BCUT2D eigenvalue weighted by Crippen LogP contribution is 2.12. The first-order valence-electron chi connectivity index (χ1n) is 6.34. The standard InChI is InChI=1S/C14H14N4OS/c1-10(12-4-2-3-5-15-12)16-13(19)8-11-9-18-6-7-20-14(18)17-11/h2-7,9-10H,8H2,1H3,(H,16,19)/t10-/m0/s1. The average molecular weight is 286 g/mol. The summed E-state index contributed by atoms with van der Waals surface area (Å²) >= 11 is 1.56. The number of nitrogens with zero attached hydrogens (tertiary/aromatic N) is 3. The number of imidazole rings is 1. The first kappa shape index (κ1) is 12.8. The first-order chi connectivity index (χ1) is 9.72. The number of carbonyl (C=O) groups excluding carboxylic acids is 1. The van der Waals surface area contributed by atoms with Gasteiger partial charge in [-0.15, -0.1) is 11.3 Å². The fourth-order valence-corrected chi connectivity index (χ4v) is 2.74. The lowest BCUT2D eigenvalue weighted by Crippen LogP contribution is -2.28. The second-order valence-corrected chi connectivity index (χ2v) is 5.42. The van der Waals surface area contributed by atoms with E-state index in [1.807, 2.05) is 47.3 Å². The summed E-state index contributed by atoms with van der Waals surface area (Å²) in [5.41, 5.74) is 1.63. The number of carbonyl (C=O) groups is 1. The molecule has 0 radical (unpaired) electrons. The molecule has 0 aromatic carbocycles. The Labute approximate surface area is 120 Å². The molecule has 1 amide bonds. The summed E-state index contributed by atoms with van der Waals surface area (Å²) in [6, 6.07) is 5.56. The van der Waals surface area contributed by atoms with Gasteiger partial charge in [-0.25, -0.2) is 4.98 Å². The molecule has 3 rings (SSSR count). The van der Waals surface area contributed by atoms with Crippen LogP contribution in [0.2, 0.25) is 0 Å². The molecule has 0 spiro atoms. The van der Waals surface area contributed by atoms with Crippen LogP contribution < -0.4 is 5.32 Å². The monoisotopic (exact) mass is 286 g/mol. The Bertz CT molecular complexity index is 690. The van der Waals surface area contributed by atoms with Gasteiger partial charge in [0.2, 0.25) is 5.91 Å². The van der Waals surface area contributed by atoms with Gasteiger partial charge < -0.3 is 5.32 Å². The lowest BCUT2D eigenvalue weighted by Gasteiger charge is -2.12. The smallest absolute Gasteiger partial charge is 0.226 e. The van der Waals surface area contributed by atoms with Gasteiger partial charge in [-0.05, 0) is 19.1 Å². The van der Waals surface area contributed by atoms with Crippen molar-refractivity contribution in [2.24, 2.45) is 0 Å². The minimum Gasteiger partial charge on any atom is -0.348 e. The number of pyridine rings is 1. The summed E-state index contributed by atoms with van der Waals surface area (Å²) in [7, 11) is 0. The molecule has 20 heavy (non-hydrogen) atoms. The van der Waals surface area contributed by atoms with Crippen LogP contribution in [0.15, 0.2) is 42.2 Å². The number of amides is 1. The summed E-state index contributed by atoms with van der Waals surface area (Å²) in [5, 5.41) is 4.90. The van der Waals surface area contributed by atoms with E-state index in [0.717, 1.165) is 16.3 Å². The molecule has 0 aliphatic heterocycles. The molecular formula is C14H14N4OS. The molecule has 3 aromatic rings. The minimum atomic E-state index is -0.104. The highest BCUT2D eigenvalue weighted by Gasteiger charge is 2.12. The topological polar surface area (TPSA) is 59.3 Å². The number of thiazole rings is 1. The predicted molar refractivity (Wildman–Crippen MR) is 77.6 cm³/mol. The van der Waals surface area contributed by atoms with E-state index in [0.29, 0.717) is 0 Å². The fraction of sp³-hybridized carbons (Fsp3) is 0.214. The Hall–Kier alpha value is -2.21. The molecular weight excluding hydrogens is 272 g/mol. The van der Waals surface area contributed by atoms with Gasteiger partial charge in [-0.1, -0.05) is 6.07 Å². The molecule has 3 heterocycles. The summed E-state index contributed by atoms with van der Waals surface area (Å²) in [4.78, 5) is 21.5. The van der Waals surface area contributed by atoms with E-state index in [9.17, 15) is 4.79 Å². The van der Waals surface area contributed by atoms with Crippen LogP contribution in [-0.2, 0) is 11.2 Å². The number of aromatic nitrogens is 3. The SMILES string of the molecule is C[C@H](NC(=O)Cc1cn2ccsc2n1)c1ccccn1. The molecule has 0 fully saturated rings. The van der Waals surface area contributed by atoms with Crippen LogP contribution in [0.5, 0.6) is 0 Å². The van der Waals surface area contributed by atoms with E-state index >= 15 is 0 Å². The van der Waals surface area contributed by atoms with E-state index < -0.39 is 0 Å². The lowest BCUT2D eigenvalue weighted by molar-refractivity contribution is -0.121. The zero-order valence-corrected chi connectivity index (χ0v) is 11.8. The van der Waals surface area contributed by atoms with Gasteiger partial charge in [0.25, 0.3) is 0 Å². The Morgan fingerprint density at radius 3 is 3.15 bits per heavy atom. The van der Waals surface area contributed by atoms with Gasteiger partial charge in [0.15, 0.2) is 4.96 Å². The van der Waals surface area contributed by atoms with Gasteiger partial charge in [0, 0.05) is 24.0 Å². The van der Waals surface area contributed by atoms with Crippen LogP contribution in [0.3, 0.4) is 0 Å². The maximum atomic E-state index is 12.0. The van der Waals surface area contributed by atoms with Crippen molar-refractivity contribution in [2.45, 2.75) is 19.4 Å². The fourth-order valence-electron chi connectivity index (χ4n) is 2.02. The number of hydrogen-bond acceptors (Lipinski definition) is 4. The molecule has 6 heteroatoms. The number of fused-ring (bicyclic) bond motifs is 1. The van der Waals surface area contributed by atoms with Crippen LogP contribution >= 0.6 is 11.3 Å². The lowest BCUT2D eigenvalue weighted by atomic mass is 10.2. The van der Waals surface area contributed by atoms with E-state index in [-0.39, 0.29) is 18.4 Å². The maximum absolute atomic E-state index is 12.0. The third-order valence-corrected chi connectivity index (χ3v) is 3.76. The van der Waals surface area contributed by atoms with Crippen molar-refractivity contribution in [1.82, 2.24) is 19.7 Å². The number of nitrogens with one attached hydrogen (secondary N) is 1. The van der Waals surface area contributed by atoms with Crippen molar-refractivity contribution in [3.05, 3.63) is 53.6 Å². The Balaban J connectivity index is 1.63. The summed E-state index contributed by atoms with van der Waals surface area (Å²) in [5.74, 6) is -0.0473. The number of rotatable bonds is 4. The van der Waals surface area contributed by atoms with Crippen LogP contribution in [-0.4, -0.2) is 20.3 Å². The summed E-state index contributed by atoms with van der Waals surface area (Å²) in [6.07, 6.45) is 5.83. The van der Waals surface area contributed by atoms with Crippen molar-refractivity contribution >= 4 is 22.2 Å². The normalized spacial score (nSPS) is 12.4. The highest BCUT2D eigenvalue weighted by molar-refractivity contribution is 7.15. The van der Waals surface area contributed by atoms with Crippen LogP contribution in [0, 0.1) is 0 Å². The van der Waals surface area contributed by atoms with Crippen molar-refractivity contribution in [3.63, 3.8) is 0 Å². The Kier molecular flexibility index (Phi) is 3.47. The molecule has 0 unspecified atom stereocenters. The Morgan fingerprint density at radius 1 is 1.50 bits per heavy atom. The average Bonchev–Trinajstić information content (AvgIpc) is 3.00. The minimum absolute atomic E-state index is 0.0473. The quantitative estimate of drug-likeness (QED) is 0.800. The first-order valence-corrected chi connectivity index (χ1v) is 7.22. The molecule has 0 saturated carbocycles. The molecule has 0 aliphatic carbocycles. The van der Waals surface area contributed by atoms with Crippen molar-refractivity contribution < 1.29 is 4.79 Å². The van der Waals surface area contributed by atoms with Gasteiger partial charge in [-0.3, -0.25) is 14.2 Å². The molecule has 0 aliphatic rings. The predicted octanol–water partition coefficient (Wildman–Crippen LogP) is 2.21. The van der Waals surface area contributed by atoms with E-state index in [2.05, 4.69) is 15.3 Å². The summed E-state index contributed by atoms with van der Waals surface area (Å²) < 4.78 is 1.93. The molecule has 1 N–H and O–H groups in total. The molecule has 0 saturated heterocycles. The molecule has 0 bridgehead atoms. The van der Waals surface area contributed by atoms with Gasteiger partial charge in [0.1, 0.15) is 0 Å². The third kappa shape index (κ3) is 2.70. The second kappa shape index (κ2) is 5.42. The third-order valence-electron chi connectivity index (χ3n) is 2.99. The van der Waals surface area contributed by atoms with Crippen molar-refractivity contribution in [2.75, 3.05) is 0 Å². The second-order valence-electron chi connectivity index (χ2n) is 4.55. The van der Waals surface area contributed by atoms with Crippen LogP contribution in [0.25, 0.3) is 4.96 Å². The van der Waals surface area contributed by atoms with E-state index in [1.165, 1.54) is 0 Å². The van der Waals surface area contributed by atoms with E-state index in [1.54, 1.807) is 17.5 Å². The molecule has 1 atom stereocenters. The van der Waals surface area contributed by atoms with Gasteiger partial charge in [0.05, 0.1) is 23.9 Å². The highest BCUT2D eigenvalue weighted by atomic mass is 32.1.